The average Bonchev–Trinajstić information content (AvgIpc) is 2.01. The van der Waals surface area contributed by atoms with Gasteiger partial charge in [-0.2, -0.15) is 0 Å². The fourth-order valence-electron chi connectivity index (χ4n) is 1.22. The number of rotatable bonds is 8. The topological polar surface area (TPSA) is 38.5 Å². The second-order valence-electron chi connectivity index (χ2n) is 4.53. The van der Waals surface area contributed by atoms with Gasteiger partial charge in [0.1, 0.15) is 0 Å². The third kappa shape index (κ3) is 9.96. The van der Waals surface area contributed by atoms with Crippen LogP contribution in [0.2, 0.25) is 0 Å². The van der Waals surface area contributed by atoms with Crippen LogP contribution in [0.25, 0.3) is 0 Å². The Morgan fingerprint density at radius 2 is 1.86 bits per heavy atom. The number of hydrogen-bond donors (Lipinski definition) is 1. The maximum atomic E-state index is 5.68. The third-order valence-electron chi connectivity index (χ3n) is 2.06. The lowest BCUT2D eigenvalue weighted by Crippen LogP contribution is -2.34. The van der Waals surface area contributed by atoms with E-state index >= 15 is 0 Å². The molecule has 0 amide bonds. The van der Waals surface area contributed by atoms with Gasteiger partial charge in [-0.15, -0.1) is 0 Å². The highest BCUT2D eigenvalue weighted by atomic mass is 16.5. The summed E-state index contributed by atoms with van der Waals surface area (Å²) in [5.41, 5.74) is 5.68. The molecule has 2 N–H and O–H groups in total. The molecule has 0 heterocycles. The van der Waals surface area contributed by atoms with Crippen molar-refractivity contribution in [2.24, 2.45) is 11.7 Å². The molecule has 0 aromatic rings. The third-order valence-corrected chi connectivity index (χ3v) is 2.06. The Morgan fingerprint density at radius 3 is 2.36 bits per heavy atom. The monoisotopic (exact) mass is 202 g/mol. The van der Waals surface area contributed by atoms with E-state index < -0.39 is 0 Å². The summed E-state index contributed by atoms with van der Waals surface area (Å²) in [4.78, 5) is 2.21. The highest BCUT2D eigenvalue weighted by molar-refractivity contribution is 4.59. The van der Waals surface area contributed by atoms with Crippen LogP contribution in [-0.2, 0) is 4.74 Å². The summed E-state index contributed by atoms with van der Waals surface area (Å²) in [6.45, 7) is 10.1. The van der Waals surface area contributed by atoms with Crippen LogP contribution in [0.5, 0.6) is 0 Å². The molecular weight excluding hydrogens is 176 g/mol. The zero-order chi connectivity index (χ0) is 11.0. The summed E-state index contributed by atoms with van der Waals surface area (Å²) in [7, 11) is 2.08. The Labute approximate surface area is 88.6 Å². The standard InChI is InChI=1S/C11H26N2O/c1-10(2)5-7-14-8-6-13(4)9-11(3)12/h10-11H,5-9,12H2,1-4H3. The van der Waals surface area contributed by atoms with Crippen LogP contribution in [0.15, 0.2) is 0 Å². The minimum atomic E-state index is 0.246. The SMILES string of the molecule is CC(C)CCOCCN(C)CC(C)N. The molecule has 0 spiro atoms. The largest absolute Gasteiger partial charge is 0.380 e. The van der Waals surface area contributed by atoms with Gasteiger partial charge in [0.15, 0.2) is 0 Å². The lowest BCUT2D eigenvalue weighted by atomic mass is 10.1. The van der Waals surface area contributed by atoms with Gasteiger partial charge < -0.3 is 15.4 Å². The van der Waals surface area contributed by atoms with Gasteiger partial charge in [0.05, 0.1) is 6.61 Å². The number of nitrogens with two attached hydrogens (primary N) is 1. The molecular formula is C11H26N2O. The van der Waals surface area contributed by atoms with Crippen LogP contribution in [0.1, 0.15) is 27.2 Å². The van der Waals surface area contributed by atoms with Crippen molar-refractivity contribution in [2.75, 3.05) is 33.4 Å². The van der Waals surface area contributed by atoms with Crippen molar-refractivity contribution >= 4 is 0 Å². The minimum absolute atomic E-state index is 0.246. The summed E-state index contributed by atoms with van der Waals surface area (Å²) >= 11 is 0. The fourth-order valence-corrected chi connectivity index (χ4v) is 1.22. The van der Waals surface area contributed by atoms with Gasteiger partial charge >= 0.3 is 0 Å². The zero-order valence-corrected chi connectivity index (χ0v) is 10.1. The quantitative estimate of drug-likeness (QED) is 0.603. The molecule has 0 aliphatic heterocycles. The maximum Gasteiger partial charge on any atom is 0.0593 e. The van der Waals surface area contributed by atoms with E-state index in [2.05, 4.69) is 25.8 Å². The normalized spacial score (nSPS) is 13.9. The summed E-state index contributed by atoms with van der Waals surface area (Å²) in [5, 5.41) is 0. The Hall–Kier alpha value is -0.120. The van der Waals surface area contributed by atoms with Gasteiger partial charge in [-0.1, -0.05) is 13.8 Å². The molecule has 3 nitrogen and oxygen atoms in total. The number of hydrogen-bond acceptors (Lipinski definition) is 3. The molecule has 3 heteroatoms. The minimum Gasteiger partial charge on any atom is -0.380 e. The van der Waals surface area contributed by atoms with E-state index in [4.69, 9.17) is 10.5 Å². The highest BCUT2D eigenvalue weighted by Crippen LogP contribution is 1.98. The number of ether oxygens (including phenoxy) is 1. The van der Waals surface area contributed by atoms with Crippen molar-refractivity contribution in [1.29, 1.82) is 0 Å². The molecule has 0 radical (unpaired) electrons. The number of nitrogens with zero attached hydrogens (tertiary/aromatic N) is 1. The maximum absolute atomic E-state index is 5.68. The van der Waals surface area contributed by atoms with Crippen LogP contribution in [-0.4, -0.2) is 44.3 Å². The molecule has 0 aliphatic carbocycles. The molecule has 0 rings (SSSR count). The smallest absolute Gasteiger partial charge is 0.0593 e. The summed E-state index contributed by atoms with van der Waals surface area (Å²) in [6.07, 6.45) is 1.15. The van der Waals surface area contributed by atoms with Gasteiger partial charge in [-0.3, -0.25) is 0 Å². The van der Waals surface area contributed by atoms with Crippen molar-refractivity contribution in [3.05, 3.63) is 0 Å². The average molecular weight is 202 g/mol. The second-order valence-corrected chi connectivity index (χ2v) is 4.53. The van der Waals surface area contributed by atoms with Crippen molar-refractivity contribution in [3.63, 3.8) is 0 Å². The van der Waals surface area contributed by atoms with E-state index in [1.165, 1.54) is 0 Å². The second kappa shape index (κ2) is 8.21. The first kappa shape index (κ1) is 13.9. The van der Waals surface area contributed by atoms with Crippen molar-refractivity contribution in [1.82, 2.24) is 4.90 Å². The van der Waals surface area contributed by atoms with Crippen LogP contribution >= 0.6 is 0 Å². The first-order valence-corrected chi connectivity index (χ1v) is 5.54. The molecule has 86 valence electrons. The van der Waals surface area contributed by atoms with Crippen molar-refractivity contribution in [3.8, 4) is 0 Å². The Bertz CT molecular complexity index is 126. The van der Waals surface area contributed by atoms with Gasteiger partial charge in [0.25, 0.3) is 0 Å². The molecule has 0 aromatic carbocycles. The van der Waals surface area contributed by atoms with E-state index in [9.17, 15) is 0 Å². The van der Waals surface area contributed by atoms with E-state index in [1.807, 2.05) is 6.92 Å². The summed E-state index contributed by atoms with van der Waals surface area (Å²) in [5.74, 6) is 0.733. The molecule has 14 heavy (non-hydrogen) atoms. The van der Waals surface area contributed by atoms with E-state index in [1.54, 1.807) is 0 Å². The molecule has 0 aromatic heterocycles. The number of likely N-dealkylation sites (N-methyl/N-ethyl adjacent to an activating group) is 1. The molecule has 0 aliphatic rings. The van der Waals surface area contributed by atoms with Crippen LogP contribution in [0, 0.1) is 5.92 Å². The molecule has 1 unspecified atom stereocenters. The summed E-state index contributed by atoms with van der Waals surface area (Å²) in [6, 6.07) is 0.246. The van der Waals surface area contributed by atoms with E-state index in [0.717, 1.165) is 38.6 Å². The van der Waals surface area contributed by atoms with Crippen LogP contribution < -0.4 is 5.73 Å². The van der Waals surface area contributed by atoms with Gasteiger partial charge in [-0.25, -0.2) is 0 Å². The van der Waals surface area contributed by atoms with Gasteiger partial charge in [0.2, 0.25) is 0 Å². The Kier molecular flexibility index (Phi) is 8.14. The molecule has 0 saturated carbocycles. The lowest BCUT2D eigenvalue weighted by molar-refractivity contribution is 0.102. The van der Waals surface area contributed by atoms with E-state index in [-0.39, 0.29) is 6.04 Å². The first-order chi connectivity index (χ1) is 6.52. The Balaban J connectivity index is 3.19. The first-order valence-electron chi connectivity index (χ1n) is 5.54. The molecule has 0 fully saturated rings. The van der Waals surface area contributed by atoms with Gasteiger partial charge in [-0.05, 0) is 26.3 Å². The van der Waals surface area contributed by atoms with Crippen molar-refractivity contribution < 1.29 is 4.74 Å². The Morgan fingerprint density at radius 1 is 1.21 bits per heavy atom. The zero-order valence-electron chi connectivity index (χ0n) is 10.1. The predicted octanol–water partition coefficient (Wildman–Crippen LogP) is 1.33. The van der Waals surface area contributed by atoms with Crippen molar-refractivity contribution in [2.45, 2.75) is 33.2 Å². The van der Waals surface area contributed by atoms with E-state index in [0.29, 0.717) is 0 Å². The van der Waals surface area contributed by atoms with Crippen LogP contribution in [0.3, 0.4) is 0 Å². The lowest BCUT2D eigenvalue weighted by Gasteiger charge is -2.18. The highest BCUT2D eigenvalue weighted by Gasteiger charge is 2.01. The predicted molar refractivity (Wildman–Crippen MR) is 61.4 cm³/mol. The van der Waals surface area contributed by atoms with Crippen LogP contribution in [0.4, 0.5) is 0 Å². The molecule has 1 atom stereocenters. The van der Waals surface area contributed by atoms with Gasteiger partial charge in [0, 0.05) is 25.7 Å². The molecule has 0 saturated heterocycles. The summed E-state index contributed by atoms with van der Waals surface area (Å²) < 4.78 is 5.51. The fraction of sp³-hybridized carbons (Fsp3) is 1.00. The molecule has 0 bridgehead atoms.